The first-order valence-corrected chi connectivity index (χ1v) is 4.22. The summed E-state index contributed by atoms with van der Waals surface area (Å²) in [6.07, 6.45) is 6.85. The molecule has 0 fully saturated rings. The summed E-state index contributed by atoms with van der Waals surface area (Å²) in [5, 5.41) is 0. The van der Waals surface area contributed by atoms with E-state index < -0.39 is 0 Å². The first-order chi connectivity index (χ1) is 5.33. The number of esters is 1. The molecular weight excluding hydrogens is 140 g/mol. The third kappa shape index (κ3) is 2.74. The average molecular weight is 154 g/mol. The van der Waals surface area contributed by atoms with Crippen LogP contribution >= 0.6 is 0 Å². The van der Waals surface area contributed by atoms with Crippen LogP contribution < -0.4 is 0 Å². The Morgan fingerprint density at radius 1 is 1.55 bits per heavy atom. The molecule has 62 valence electrons. The third-order valence-corrected chi connectivity index (χ3v) is 1.77. The zero-order chi connectivity index (χ0) is 8.10. The lowest BCUT2D eigenvalue weighted by Crippen LogP contribution is -1.93. The molecule has 0 radical (unpaired) electrons. The highest BCUT2D eigenvalue weighted by atomic mass is 16.5. The van der Waals surface area contributed by atoms with Crippen molar-refractivity contribution in [3.63, 3.8) is 0 Å². The van der Waals surface area contributed by atoms with E-state index in [2.05, 4.69) is 6.92 Å². The van der Waals surface area contributed by atoms with Gasteiger partial charge in [0.1, 0.15) is 5.76 Å². The normalized spacial score (nSPS) is 16.5. The van der Waals surface area contributed by atoms with Crippen LogP contribution in [0, 0.1) is 0 Å². The average Bonchev–Trinajstić information content (AvgIpc) is 2.37. The molecule has 0 unspecified atom stereocenters. The van der Waals surface area contributed by atoms with E-state index in [9.17, 15) is 4.79 Å². The largest absolute Gasteiger partial charge is 0.431 e. The Hall–Kier alpha value is -0.790. The second-order valence-corrected chi connectivity index (χ2v) is 2.81. The predicted octanol–water partition coefficient (Wildman–Crippen LogP) is 2.40. The standard InChI is InChI=1S/C9H14O2/c1-2-3-4-5-8-6-7-9(10)11-8/h6H,2-5,7H2,1H3. The maximum absolute atomic E-state index is 10.6. The summed E-state index contributed by atoms with van der Waals surface area (Å²) >= 11 is 0. The summed E-state index contributed by atoms with van der Waals surface area (Å²) in [5.41, 5.74) is 0. The van der Waals surface area contributed by atoms with Crippen molar-refractivity contribution in [1.82, 2.24) is 0 Å². The third-order valence-electron chi connectivity index (χ3n) is 1.77. The summed E-state index contributed by atoms with van der Waals surface area (Å²) in [4.78, 5) is 10.6. The van der Waals surface area contributed by atoms with Gasteiger partial charge >= 0.3 is 5.97 Å². The molecule has 0 aromatic carbocycles. The van der Waals surface area contributed by atoms with E-state index in [1.807, 2.05) is 6.08 Å². The summed E-state index contributed by atoms with van der Waals surface area (Å²) in [6, 6.07) is 0. The van der Waals surface area contributed by atoms with Crippen LogP contribution in [-0.2, 0) is 9.53 Å². The molecule has 1 rings (SSSR count). The van der Waals surface area contributed by atoms with Gasteiger partial charge in [0.25, 0.3) is 0 Å². The smallest absolute Gasteiger partial charge is 0.314 e. The van der Waals surface area contributed by atoms with Crippen LogP contribution in [-0.4, -0.2) is 5.97 Å². The van der Waals surface area contributed by atoms with Crippen LogP contribution in [0.5, 0.6) is 0 Å². The summed E-state index contributed by atoms with van der Waals surface area (Å²) in [5.74, 6) is 0.778. The van der Waals surface area contributed by atoms with E-state index >= 15 is 0 Å². The minimum absolute atomic E-state index is 0.100. The van der Waals surface area contributed by atoms with E-state index in [-0.39, 0.29) is 5.97 Å². The molecule has 0 amide bonds. The molecule has 11 heavy (non-hydrogen) atoms. The number of hydrogen-bond acceptors (Lipinski definition) is 2. The predicted molar refractivity (Wildman–Crippen MR) is 42.9 cm³/mol. The topological polar surface area (TPSA) is 26.3 Å². The Bertz CT molecular complexity index is 170. The van der Waals surface area contributed by atoms with Gasteiger partial charge in [0.15, 0.2) is 0 Å². The Labute approximate surface area is 67.2 Å². The van der Waals surface area contributed by atoms with Gasteiger partial charge in [-0.1, -0.05) is 19.8 Å². The first kappa shape index (κ1) is 8.31. The van der Waals surface area contributed by atoms with Crippen LogP contribution in [0.2, 0.25) is 0 Å². The molecule has 0 atom stereocenters. The van der Waals surface area contributed by atoms with Crippen molar-refractivity contribution >= 4 is 5.97 Å². The molecule has 2 heteroatoms. The number of hydrogen-bond donors (Lipinski definition) is 0. The minimum Gasteiger partial charge on any atom is -0.431 e. The monoisotopic (exact) mass is 154 g/mol. The maximum atomic E-state index is 10.6. The Morgan fingerprint density at radius 2 is 2.36 bits per heavy atom. The molecular formula is C9H14O2. The van der Waals surface area contributed by atoms with Crippen molar-refractivity contribution in [2.45, 2.75) is 39.0 Å². The van der Waals surface area contributed by atoms with Crippen LogP contribution in [0.3, 0.4) is 0 Å². The maximum Gasteiger partial charge on any atom is 0.314 e. The lowest BCUT2D eigenvalue weighted by Gasteiger charge is -1.99. The van der Waals surface area contributed by atoms with E-state index in [4.69, 9.17) is 4.74 Å². The Kier molecular flexibility index (Phi) is 3.14. The zero-order valence-electron chi connectivity index (χ0n) is 6.93. The lowest BCUT2D eigenvalue weighted by atomic mass is 10.2. The molecule has 0 saturated heterocycles. The minimum atomic E-state index is -0.100. The van der Waals surface area contributed by atoms with Gasteiger partial charge in [-0.25, -0.2) is 0 Å². The molecule has 0 N–H and O–H groups in total. The van der Waals surface area contributed by atoms with Gasteiger partial charge in [0, 0.05) is 6.42 Å². The van der Waals surface area contributed by atoms with Crippen molar-refractivity contribution in [3.8, 4) is 0 Å². The number of cyclic esters (lactones) is 1. The van der Waals surface area contributed by atoms with Crippen molar-refractivity contribution in [2.75, 3.05) is 0 Å². The number of carbonyl (C=O) groups excluding carboxylic acids is 1. The van der Waals surface area contributed by atoms with Crippen LogP contribution in [0.15, 0.2) is 11.8 Å². The van der Waals surface area contributed by atoms with Crippen LogP contribution in [0.1, 0.15) is 39.0 Å². The molecule has 1 aliphatic rings. The van der Waals surface area contributed by atoms with E-state index in [1.54, 1.807) is 0 Å². The van der Waals surface area contributed by atoms with Gasteiger partial charge < -0.3 is 4.74 Å². The van der Waals surface area contributed by atoms with Gasteiger partial charge in [-0.2, -0.15) is 0 Å². The molecule has 2 nitrogen and oxygen atoms in total. The fourth-order valence-corrected chi connectivity index (χ4v) is 1.13. The Morgan fingerprint density at radius 3 is 2.91 bits per heavy atom. The fourth-order valence-electron chi connectivity index (χ4n) is 1.13. The zero-order valence-corrected chi connectivity index (χ0v) is 6.93. The van der Waals surface area contributed by atoms with Gasteiger partial charge in [0.2, 0.25) is 0 Å². The first-order valence-electron chi connectivity index (χ1n) is 4.22. The molecule has 0 spiro atoms. The fraction of sp³-hybridized carbons (Fsp3) is 0.667. The Balaban J connectivity index is 2.13. The van der Waals surface area contributed by atoms with Gasteiger partial charge in [-0.15, -0.1) is 0 Å². The molecule has 0 aromatic heterocycles. The highest BCUT2D eigenvalue weighted by Crippen LogP contribution is 2.17. The quantitative estimate of drug-likeness (QED) is 0.459. The van der Waals surface area contributed by atoms with Gasteiger partial charge in [0.05, 0.1) is 6.42 Å². The van der Waals surface area contributed by atoms with E-state index in [0.29, 0.717) is 6.42 Å². The number of rotatable bonds is 4. The molecule has 0 aliphatic carbocycles. The van der Waals surface area contributed by atoms with E-state index in [0.717, 1.165) is 18.6 Å². The molecule has 0 aromatic rings. The second kappa shape index (κ2) is 4.16. The molecule has 1 aliphatic heterocycles. The summed E-state index contributed by atoms with van der Waals surface area (Å²) in [7, 11) is 0. The lowest BCUT2D eigenvalue weighted by molar-refractivity contribution is -0.136. The van der Waals surface area contributed by atoms with Crippen molar-refractivity contribution in [3.05, 3.63) is 11.8 Å². The van der Waals surface area contributed by atoms with Crippen LogP contribution in [0.4, 0.5) is 0 Å². The second-order valence-electron chi connectivity index (χ2n) is 2.81. The molecule has 1 heterocycles. The summed E-state index contributed by atoms with van der Waals surface area (Å²) in [6.45, 7) is 2.16. The molecule has 0 bridgehead atoms. The highest BCUT2D eigenvalue weighted by molar-refractivity contribution is 5.74. The van der Waals surface area contributed by atoms with E-state index in [1.165, 1.54) is 12.8 Å². The van der Waals surface area contributed by atoms with Gasteiger partial charge in [-0.05, 0) is 12.5 Å². The van der Waals surface area contributed by atoms with Crippen LogP contribution in [0.25, 0.3) is 0 Å². The number of unbranched alkanes of at least 4 members (excludes halogenated alkanes) is 2. The van der Waals surface area contributed by atoms with Crippen molar-refractivity contribution in [1.29, 1.82) is 0 Å². The summed E-state index contributed by atoms with van der Waals surface area (Å²) < 4.78 is 4.93. The number of ether oxygens (including phenoxy) is 1. The number of allylic oxidation sites excluding steroid dienone is 1. The number of carbonyl (C=O) groups is 1. The van der Waals surface area contributed by atoms with Crippen molar-refractivity contribution < 1.29 is 9.53 Å². The molecule has 0 saturated carbocycles. The van der Waals surface area contributed by atoms with Gasteiger partial charge in [-0.3, -0.25) is 4.79 Å². The van der Waals surface area contributed by atoms with Crippen molar-refractivity contribution in [2.24, 2.45) is 0 Å². The SMILES string of the molecule is CCCCCC1=CCC(=O)O1. The highest BCUT2D eigenvalue weighted by Gasteiger charge is 2.12.